The van der Waals surface area contributed by atoms with Gasteiger partial charge in [0.05, 0.1) is 5.02 Å². The van der Waals surface area contributed by atoms with Gasteiger partial charge in [-0.2, -0.15) is 4.52 Å². The van der Waals surface area contributed by atoms with Crippen molar-refractivity contribution in [3.63, 3.8) is 0 Å². The third-order valence-electron chi connectivity index (χ3n) is 3.92. The van der Waals surface area contributed by atoms with E-state index in [-0.39, 0.29) is 0 Å². The molecule has 0 aliphatic heterocycles. The minimum Gasteiger partial charge on any atom is -0.368 e. The number of halogens is 1. The molecule has 4 rings (SSSR count). The third kappa shape index (κ3) is 2.37. The van der Waals surface area contributed by atoms with E-state index in [1.54, 1.807) is 4.52 Å². The predicted octanol–water partition coefficient (Wildman–Crippen LogP) is 4.42. The Balaban J connectivity index is 2.02. The maximum absolute atomic E-state index is 6.33. The van der Waals surface area contributed by atoms with E-state index in [1.165, 1.54) is 0 Å². The van der Waals surface area contributed by atoms with Crippen LogP contribution in [-0.4, -0.2) is 26.4 Å². The third-order valence-corrected chi connectivity index (χ3v) is 4.25. The van der Waals surface area contributed by atoms with Crippen LogP contribution in [0.4, 0.5) is 5.82 Å². The first-order valence-corrected chi connectivity index (χ1v) is 8.30. The number of aromatic nitrogens is 4. The van der Waals surface area contributed by atoms with Crippen LogP contribution in [0.25, 0.3) is 27.8 Å². The summed E-state index contributed by atoms with van der Waals surface area (Å²) >= 11 is 6.33. The summed E-state index contributed by atoms with van der Waals surface area (Å²) in [5, 5.41) is 19.5. The summed E-state index contributed by atoms with van der Waals surface area (Å²) in [6.45, 7) is 2.98. The molecule has 0 bridgehead atoms. The molecule has 5 nitrogen and oxygen atoms in total. The maximum atomic E-state index is 6.33. The van der Waals surface area contributed by atoms with Gasteiger partial charge < -0.3 is 5.32 Å². The maximum Gasteiger partial charge on any atom is 0.186 e. The minimum atomic E-state index is 0.629. The van der Waals surface area contributed by atoms with Crippen molar-refractivity contribution in [1.29, 1.82) is 0 Å². The van der Waals surface area contributed by atoms with Crippen molar-refractivity contribution < 1.29 is 0 Å². The number of nitrogens with zero attached hydrogens (tertiary/aromatic N) is 4. The van der Waals surface area contributed by atoms with Gasteiger partial charge in [0.2, 0.25) is 0 Å². The van der Waals surface area contributed by atoms with Crippen LogP contribution in [0, 0.1) is 0 Å². The van der Waals surface area contributed by atoms with Crippen LogP contribution >= 0.6 is 11.6 Å². The van der Waals surface area contributed by atoms with Crippen molar-refractivity contribution >= 4 is 33.8 Å². The predicted molar refractivity (Wildman–Crippen MR) is 97.5 cm³/mol. The van der Waals surface area contributed by atoms with Crippen LogP contribution in [0.2, 0.25) is 5.02 Å². The molecule has 0 spiro atoms. The number of hydrogen-bond acceptors (Lipinski definition) is 4. The number of fused-ring (bicyclic) bond motifs is 3. The normalized spacial score (nSPS) is 11.2. The molecule has 0 unspecified atom stereocenters. The molecule has 120 valence electrons. The van der Waals surface area contributed by atoms with Gasteiger partial charge in [-0.25, -0.2) is 0 Å². The number of benzene rings is 2. The highest BCUT2D eigenvalue weighted by molar-refractivity contribution is 6.33. The molecule has 0 amide bonds. The van der Waals surface area contributed by atoms with Gasteiger partial charge >= 0.3 is 0 Å². The lowest BCUT2D eigenvalue weighted by molar-refractivity contribution is 0.915. The molecule has 0 aliphatic rings. The van der Waals surface area contributed by atoms with Gasteiger partial charge in [-0.05, 0) is 18.6 Å². The summed E-state index contributed by atoms with van der Waals surface area (Å²) < 4.78 is 1.77. The highest BCUT2D eigenvalue weighted by Gasteiger charge is 2.16. The minimum absolute atomic E-state index is 0.629. The summed E-state index contributed by atoms with van der Waals surface area (Å²) in [6, 6.07) is 15.7. The van der Waals surface area contributed by atoms with Gasteiger partial charge in [0.25, 0.3) is 0 Å². The van der Waals surface area contributed by atoms with Gasteiger partial charge in [0, 0.05) is 22.9 Å². The van der Waals surface area contributed by atoms with Crippen LogP contribution in [0.15, 0.2) is 48.5 Å². The van der Waals surface area contributed by atoms with Gasteiger partial charge in [-0.1, -0.05) is 54.9 Å². The Morgan fingerprint density at radius 2 is 1.75 bits per heavy atom. The van der Waals surface area contributed by atoms with Gasteiger partial charge in [0.1, 0.15) is 0 Å². The first-order valence-electron chi connectivity index (χ1n) is 7.92. The second-order valence-corrected chi connectivity index (χ2v) is 5.97. The van der Waals surface area contributed by atoms with Crippen LogP contribution < -0.4 is 5.32 Å². The summed E-state index contributed by atoms with van der Waals surface area (Å²) in [6.07, 6.45) is 1.02. The van der Waals surface area contributed by atoms with E-state index < -0.39 is 0 Å². The molecule has 0 aliphatic carbocycles. The Labute approximate surface area is 144 Å². The fourth-order valence-electron chi connectivity index (χ4n) is 2.77. The molecule has 0 fully saturated rings. The van der Waals surface area contributed by atoms with Gasteiger partial charge in [0.15, 0.2) is 17.3 Å². The van der Waals surface area contributed by atoms with Crippen LogP contribution in [-0.2, 0) is 0 Å². The lowest BCUT2D eigenvalue weighted by Crippen LogP contribution is -2.06. The average Bonchev–Trinajstić information content (AvgIpc) is 3.04. The highest BCUT2D eigenvalue weighted by atomic mass is 35.5. The zero-order chi connectivity index (χ0) is 16.5. The van der Waals surface area contributed by atoms with Crippen molar-refractivity contribution in [3.05, 3.63) is 53.6 Å². The highest BCUT2D eigenvalue weighted by Crippen LogP contribution is 2.30. The second-order valence-electron chi connectivity index (χ2n) is 5.56. The summed E-state index contributed by atoms with van der Waals surface area (Å²) in [7, 11) is 0. The number of rotatable bonds is 4. The topological polar surface area (TPSA) is 55.1 Å². The fraction of sp³-hybridized carbons (Fsp3) is 0.167. The zero-order valence-corrected chi connectivity index (χ0v) is 14.0. The molecular formula is C18H16ClN5. The van der Waals surface area contributed by atoms with Crippen molar-refractivity contribution in [2.75, 3.05) is 11.9 Å². The molecule has 0 saturated carbocycles. The molecule has 0 radical (unpaired) electrons. The number of hydrogen-bond donors (Lipinski definition) is 1. The Morgan fingerprint density at radius 1 is 1.00 bits per heavy atom. The van der Waals surface area contributed by atoms with Crippen LogP contribution in [0.3, 0.4) is 0 Å². The fourth-order valence-corrected chi connectivity index (χ4v) is 2.99. The van der Waals surface area contributed by atoms with E-state index in [2.05, 4.69) is 22.4 Å². The van der Waals surface area contributed by atoms with E-state index in [1.807, 2.05) is 48.5 Å². The molecule has 6 heteroatoms. The number of anilines is 1. The molecule has 2 aromatic carbocycles. The monoisotopic (exact) mass is 337 g/mol. The second kappa shape index (κ2) is 6.09. The molecule has 0 atom stereocenters. The van der Waals surface area contributed by atoms with Crippen molar-refractivity contribution in [2.24, 2.45) is 0 Å². The SMILES string of the molecule is CCCNc1nn2c(-c3ccccc3Cl)nnc2c2ccccc12. The molecular weight excluding hydrogens is 322 g/mol. The smallest absolute Gasteiger partial charge is 0.186 e. The Hall–Kier alpha value is -2.66. The molecule has 24 heavy (non-hydrogen) atoms. The molecule has 2 aromatic heterocycles. The van der Waals surface area contributed by atoms with Crippen molar-refractivity contribution in [2.45, 2.75) is 13.3 Å². The summed E-state index contributed by atoms with van der Waals surface area (Å²) in [4.78, 5) is 0. The van der Waals surface area contributed by atoms with E-state index in [0.29, 0.717) is 10.8 Å². The average molecular weight is 338 g/mol. The van der Waals surface area contributed by atoms with Crippen molar-refractivity contribution in [3.8, 4) is 11.4 Å². The Bertz CT molecular complexity index is 1020. The quantitative estimate of drug-likeness (QED) is 0.599. The van der Waals surface area contributed by atoms with Crippen LogP contribution in [0.5, 0.6) is 0 Å². The Kier molecular flexibility index (Phi) is 3.78. The van der Waals surface area contributed by atoms with E-state index in [4.69, 9.17) is 16.7 Å². The summed E-state index contributed by atoms with van der Waals surface area (Å²) in [5.41, 5.74) is 1.54. The lowest BCUT2D eigenvalue weighted by Gasteiger charge is -2.10. The zero-order valence-electron chi connectivity index (χ0n) is 13.2. The first-order chi connectivity index (χ1) is 11.8. The van der Waals surface area contributed by atoms with Gasteiger partial charge in [-0.3, -0.25) is 0 Å². The standard InChI is InChI=1S/C18H16ClN5/c1-2-11-20-16-12-7-3-4-8-13(12)17-21-22-18(24(17)23-16)14-9-5-6-10-15(14)19/h3-10H,2,11H2,1H3,(H,20,23). The van der Waals surface area contributed by atoms with Gasteiger partial charge in [-0.15, -0.1) is 15.3 Å². The van der Waals surface area contributed by atoms with Crippen LogP contribution in [0.1, 0.15) is 13.3 Å². The van der Waals surface area contributed by atoms with Crippen molar-refractivity contribution in [1.82, 2.24) is 19.8 Å². The molecule has 4 aromatic rings. The number of nitrogens with one attached hydrogen (secondary N) is 1. The van der Waals surface area contributed by atoms with E-state index in [0.717, 1.165) is 40.8 Å². The van der Waals surface area contributed by atoms with E-state index >= 15 is 0 Å². The molecule has 1 N–H and O–H groups in total. The van der Waals surface area contributed by atoms with E-state index in [9.17, 15) is 0 Å². The first kappa shape index (κ1) is 14.9. The lowest BCUT2D eigenvalue weighted by atomic mass is 10.1. The Morgan fingerprint density at radius 3 is 2.54 bits per heavy atom. The molecule has 0 saturated heterocycles. The largest absolute Gasteiger partial charge is 0.368 e. The summed E-state index contributed by atoms with van der Waals surface area (Å²) in [5.74, 6) is 1.47. The molecule has 2 heterocycles.